The van der Waals surface area contributed by atoms with E-state index in [1.807, 2.05) is 6.92 Å². The van der Waals surface area contributed by atoms with E-state index in [2.05, 4.69) is 5.32 Å². The molecule has 1 aliphatic carbocycles. The predicted molar refractivity (Wildman–Crippen MR) is 68.6 cm³/mol. The van der Waals surface area contributed by atoms with E-state index in [1.165, 1.54) is 6.07 Å². The molecule has 4 heteroatoms. The van der Waals surface area contributed by atoms with Crippen LogP contribution in [0.3, 0.4) is 0 Å². The number of phenolic OH excluding ortho intramolecular Hbond substituents is 1. The molecule has 1 aromatic carbocycles. The summed E-state index contributed by atoms with van der Waals surface area (Å²) in [6, 6.07) is 6.47. The number of rotatable bonds is 4. The van der Waals surface area contributed by atoms with Crippen molar-refractivity contribution in [3.05, 3.63) is 29.8 Å². The molecule has 0 bridgehead atoms. The van der Waals surface area contributed by atoms with Crippen molar-refractivity contribution < 1.29 is 14.6 Å². The van der Waals surface area contributed by atoms with E-state index in [1.54, 1.807) is 25.3 Å². The van der Waals surface area contributed by atoms with Gasteiger partial charge in [-0.1, -0.05) is 12.1 Å². The number of carbonyl (C=O) groups is 1. The number of aromatic hydroxyl groups is 1. The lowest BCUT2D eigenvalue weighted by Gasteiger charge is -2.45. The molecule has 98 valence electrons. The van der Waals surface area contributed by atoms with E-state index in [4.69, 9.17) is 4.74 Å². The molecule has 0 aliphatic heterocycles. The molecule has 0 spiro atoms. The minimum absolute atomic E-state index is 0.00211. The number of nitrogens with one attached hydrogen (secondary N) is 1. The van der Waals surface area contributed by atoms with Gasteiger partial charge in [0.05, 0.1) is 17.2 Å². The average molecular weight is 249 g/mol. The van der Waals surface area contributed by atoms with Crippen LogP contribution in [0.5, 0.6) is 5.75 Å². The number of methoxy groups -OCH3 is 1. The number of carbonyl (C=O) groups excluding carboxylic acids is 1. The molecule has 2 N–H and O–H groups in total. The van der Waals surface area contributed by atoms with Gasteiger partial charge in [-0.15, -0.1) is 0 Å². The second-order valence-corrected chi connectivity index (χ2v) is 4.83. The highest BCUT2D eigenvalue weighted by molar-refractivity contribution is 5.97. The third-order valence-electron chi connectivity index (χ3n) is 3.89. The molecule has 1 aromatic rings. The number of hydrogen-bond acceptors (Lipinski definition) is 3. The minimum atomic E-state index is -0.260. The molecule has 1 atom stereocenters. The zero-order valence-electron chi connectivity index (χ0n) is 10.8. The Kier molecular flexibility index (Phi) is 3.57. The smallest absolute Gasteiger partial charge is 0.255 e. The normalized spacial score (nSPS) is 18.8. The van der Waals surface area contributed by atoms with Crippen LogP contribution < -0.4 is 5.32 Å². The van der Waals surface area contributed by atoms with E-state index in [-0.39, 0.29) is 23.3 Å². The summed E-state index contributed by atoms with van der Waals surface area (Å²) in [6.07, 6.45) is 3.06. The van der Waals surface area contributed by atoms with Crippen LogP contribution in [0.4, 0.5) is 0 Å². The number of phenols is 1. The third kappa shape index (κ3) is 2.20. The Morgan fingerprint density at radius 1 is 1.44 bits per heavy atom. The van der Waals surface area contributed by atoms with Gasteiger partial charge in [0, 0.05) is 7.11 Å². The van der Waals surface area contributed by atoms with Gasteiger partial charge >= 0.3 is 0 Å². The Bertz CT molecular complexity index is 435. The average Bonchev–Trinajstić information content (AvgIpc) is 2.28. The van der Waals surface area contributed by atoms with E-state index < -0.39 is 0 Å². The lowest BCUT2D eigenvalue weighted by Crippen LogP contribution is -2.56. The largest absolute Gasteiger partial charge is 0.507 e. The molecule has 1 fully saturated rings. The van der Waals surface area contributed by atoms with Crippen molar-refractivity contribution >= 4 is 5.91 Å². The van der Waals surface area contributed by atoms with Crippen molar-refractivity contribution in [3.8, 4) is 5.75 Å². The SMILES string of the molecule is COC1(C(C)NC(=O)c2ccccc2O)CCC1. The molecule has 1 amide bonds. The molecule has 0 radical (unpaired) electrons. The molecule has 0 aromatic heterocycles. The monoisotopic (exact) mass is 249 g/mol. The maximum absolute atomic E-state index is 12.1. The fourth-order valence-electron chi connectivity index (χ4n) is 2.41. The van der Waals surface area contributed by atoms with Gasteiger partial charge in [-0.05, 0) is 38.3 Å². The molecule has 0 saturated heterocycles. The standard InChI is InChI=1S/C14H19NO3/c1-10(14(18-2)8-5-9-14)15-13(17)11-6-3-4-7-12(11)16/h3-4,6-7,10,16H,5,8-9H2,1-2H3,(H,15,17). The predicted octanol–water partition coefficient (Wildman–Crippen LogP) is 2.08. The first-order chi connectivity index (χ1) is 8.59. The topological polar surface area (TPSA) is 58.6 Å². The molecule has 18 heavy (non-hydrogen) atoms. The molecule has 2 rings (SSSR count). The van der Waals surface area contributed by atoms with Gasteiger partial charge in [-0.25, -0.2) is 0 Å². The first-order valence-electron chi connectivity index (χ1n) is 6.23. The molecule has 1 aliphatic rings. The second-order valence-electron chi connectivity index (χ2n) is 4.83. The van der Waals surface area contributed by atoms with Gasteiger partial charge in [0.15, 0.2) is 0 Å². The van der Waals surface area contributed by atoms with E-state index in [9.17, 15) is 9.90 Å². The summed E-state index contributed by atoms with van der Waals surface area (Å²) in [5.41, 5.74) is 0.0648. The summed E-state index contributed by atoms with van der Waals surface area (Å²) >= 11 is 0. The Labute approximate surface area is 107 Å². The molecule has 4 nitrogen and oxygen atoms in total. The van der Waals surface area contributed by atoms with Crippen LogP contribution in [0.2, 0.25) is 0 Å². The third-order valence-corrected chi connectivity index (χ3v) is 3.89. The van der Waals surface area contributed by atoms with Gasteiger partial charge in [0.2, 0.25) is 0 Å². The summed E-state index contributed by atoms with van der Waals surface area (Å²) in [5.74, 6) is -0.258. The Morgan fingerprint density at radius 2 is 2.11 bits per heavy atom. The Balaban J connectivity index is 2.06. The highest BCUT2D eigenvalue weighted by Crippen LogP contribution is 2.38. The van der Waals surface area contributed by atoms with Gasteiger partial charge < -0.3 is 15.2 Å². The fourth-order valence-corrected chi connectivity index (χ4v) is 2.41. The van der Waals surface area contributed by atoms with Crippen LogP contribution in [0.15, 0.2) is 24.3 Å². The highest BCUT2D eigenvalue weighted by Gasteiger charge is 2.43. The van der Waals surface area contributed by atoms with Crippen LogP contribution in [0.1, 0.15) is 36.5 Å². The first kappa shape index (κ1) is 12.9. The van der Waals surface area contributed by atoms with Gasteiger partial charge in [-0.3, -0.25) is 4.79 Å². The molecule has 1 unspecified atom stereocenters. The fraction of sp³-hybridized carbons (Fsp3) is 0.500. The van der Waals surface area contributed by atoms with Crippen molar-refractivity contribution in [2.45, 2.75) is 37.8 Å². The maximum Gasteiger partial charge on any atom is 0.255 e. The van der Waals surface area contributed by atoms with E-state index in [0.29, 0.717) is 5.56 Å². The van der Waals surface area contributed by atoms with Gasteiger partial charge in [-0.2, -0.15) is 0 Å². The minimum Gasteiger partial charge on any atom is -0.507 e. The van der Waals surface area contributed by atoms with Crippen molar-refractivity contribution in [2.24, 2.45) is 0 Å². The summed E-state index contributed by atoms with van der Waals surface area (Å²) in [4.78, 5) is 12.1. The number of ether oxygens (including phenoxy) is 1. The lowest BCUT2D eigenvalue weighted by molar-refractivity contribution is -0.0919. The summed E-state index contributed by atoms with van der Waals surface area (Å²) in [5, 5.41) is 12.5. The van der Waals surface area contributed by atoms with Crippen LogP contribution in [0.25, 0.3) is 0 Å². The van der Waals surface area contributed by atoms with Crippen molar-refractivity contribution in [1.82, 2.24) is 5.32 Å². The van der Waals surface area contributed by atoms with Crippen molar-refractivity contribution in [2.75, 3.05) is 7.11 Å². The second kappa shape index (κ2) is 4.98. The van der Waals surface area contributed by atoms with Crippen molar-refractivity contribution in [1.29, 1.82) is 0 Å². The van der Waals surface area contributed by atoms with Crippen LogP contribution in [0, 0.1) is 0 Å². The van der Waals surface area contributed by atoms with Crippen LogP contribution in [-0.4, -0.2) is 29.8 Å². The summed E-state index contributed by atoms with van der Waals surface area (Å²) in [6.45, 7) is 1.94. The zero-order chi connectivity index (χ0) is 13.2. The molecule has 1 saturated carbocycles. The van der Waals surface area contributed by atoms with Crippen LogP contribution >= 0.6 is 0 Å². The van der Waals surface area contributed by atoms with Gasteiger partial charge in [0.25, 0.3) is 5.91 Å². The number of para-hydroxylation sites is 1. The lowest BCUT2D eigenvalue weighted by atomic mass is 9.75. The number of hydrogen-bond donors (Lipinski definition) is 2. The Morgan fingerprint density at radius 3 is 2.61 bits per heavy atom. The van der Waals surface area contributed by atoms with E-state index >= 15 is 0 Å². The summed E-state index contributed by atoms with van der Waals surface area (Å²) < 4.78 is 5.53. The van der Waals surface area contributed by atoms with Crippen molar-refractivity contribution in [3.63, 3.8) is 0 Å². The molecular weight excluding hydrogens is 230 g/mol. The summed E-state index contributed by atoms with van der Waals surface area (Å²) in [7, 11) is 1.68. The van der Waals surface area contributed by atoms with Crippen LogP contribution in [-0.2, 0) is 4.74 Å². The number of benzene rings is 1. The highest BCUT2D eigenvalue weighted by atomic mass is 16.5. The van der Waals surface area contributed by atoms with E-state index in [0.717, 1.165) is 19.3 Å². The Hall–Kier alpha value is -1.55. The quantitative estimate of drug-likeness (QED) is 0.859. The zero-order valence-corrected chi connectivity index (χ0v) is 10.8. The molecular formula is C14H19NO3. The number of amides is 1. The first-order valence-corrected chi connectivity index (χ1v) is 6.23. The maximum atomic E-state index is 12.1. The van der Waals surface area contributed by atoms with Gasteiger partial charge in [0.1, 0.15) is 5.75 Å². The molecule has 0 heterocycles.